The van der Waals surface area contributed by atoms with E-state index in [0.29, 0.717) is 5.56 Å². The second kappa shape index (κ2) is 7.90. The summed E-state index contributed by atoms with van der Waals surface area (Å²) in [6, 6.07) is 12.6. The molecular weight excluding hydrogens is 411 g/mol. The van der Waals surface area contributed by atoms with Gasteiger partial charge in [0.15, 0.2) is 0 Å². The van der Waals surface area contributed by atoms with E-state index in [2.05, 4.69) is 20.4 Å². The third-order valence-corrected chi connectivity index (χ3v) is 4.30. The topological polar surface area (TPSA) is 92.9 Å². The van der Waals surface area contributed by atoms with E-state index in [1.165, 1.54) is 55.0 Å². The first-order valence-corrected chi connectivity index (χ1v) is 8.96. The summed E-state index contributed by atoms with van der Waals surface area (Å²) < 4.78 is 41.4. The van der Waals surface area contributed by atoms with Crippen LogP contribution in [-0.2, 0) is 6.18 Å². The fourth-order valence-corrected chi connectivity index (χ4v) is 2.86. The van der Waals surface area contributed by atoms with Gasteiger partial charge >= 0.3 is 6.18 Å². The molecule has 31 heavy (non-hydrogen) atoms. The van der Waals surface area contributed by atoms with E-state index in [9.17, 15) is 23.1 Å². The molecule has 1 aromatic carbocycles. The molecule has 0 aliphatic rings. The first kappa shape index (κ1) is 20.1. The van der Waals surface area contributed by atoms with Gasteiger partial charge in [0.2, 0.25) is 0 Å². The van der Waals surface area contributed by atoms with E-state index in [1.54, 1.807) is 12.1 Å². The molecular formula is C21H14F3N5O2. The van der Waals surface area contributed by atoms with Crippen LogP contribution in [0, 0.1) is 0 Å². The number of aromatic hydroxyl groups is 1. The number of alkyl halides is 3. The highest BCUT2D eigenvalue weighted by atomic mass is 19.4. The Morgan fingerprint density at radius 2 is 1.87 bits per heavy atom. The summed E-state index contributed by atoms with van der Waals surface area (Å²) in [5.41, 5.74) is -0.141. The van der Waals surface area contributed by atoms with Crippen molar-refractivity contribution in [1.29, 1.82) is 0 Å². The molecule has 0 aliphatic heterocycles. The van der Waals surface area contributed by atoms with Crippen LogP contribution in [0.5, 0.6) is 5.75 Å². The number of carbonyl (C=O) groups is 1. The predicted molar refractivity (Wildman–Crippen MR) is 106 cm³/mol. The minimum absolute atomic E-state index is 0.0674. The molecule has 0 spiro atoms. The Morgan fingerprint density at radius 1 is 1.03 bits per heavy atom. The van der Waals surface area contributed by atoms with Crippen LogP contribution in [0.15, 0.2) is 73.2 Å². The minimum atomic E-state index is -4.64. The maximum absolute atomic E-state index is 13.6. The first-order valence-electron chi connectivity index (χ1n) is 8.96. The van der Waals surface area contributed by atoms with Gasteiger partial charge in [0, 0.05) is 23.5 Å². The van der Waals surface area contributed by atoms with Crippen LogP contribution in [0.4, 0.5) is 19.0 Å². The Labute approximate surface area is 173 Å². The van der Waals surface area contributed by atoms with E-state index >= 15 is 0 Å². The number of pyridine rings is 2. The van der Waals surface area contributed by atoms with Crippen LogP contribution in [0.3, 0.4) is 0 Å². The molecule has 2 N–H and O–H groups in total. The van der Waals surface area contributed by atoms with Gasteiger partial charge in [-0.25, -0.2) is 9.67 Å². The van der Waals surface area contributed by atoms with E-state index in [1.807, 2.05) is 0 Å². The number of anilines is 1. The Balaban J connectivity index is 1.63. The molecule has 4 aromatic rings. The molecule has 0 unspecified atom stereocenters. The number of nitrogens with zero attached hydrogens (tertiary/aromatic N) is 4. The van der Waals surface area contributed by atoms with Crippen molar-refractivity contribution in [3.05, 3.63) is 84.4 Å². The molecule has 0 fully saturated rings. The molecule has 7 nitrogen and oxygen atoms in total. The quantitative estimate of drug-likeness (QED) is 0.508. The number of phenolic OH excluding ortho intramolecular Hbond substituents is 1. The van der Waals surface area contributed by atoms with Gasteiger partial charge in [0.1, 0.15) is 17.3 Å². The van der Waals surface area contributed by atoms with Crippen LogP contribution in [0.1, 0.15) is 16.1 Å². The maximum atomic E-state index is 13.6. The van der Waals surface area contributed by atoms with E-state index in [4.69, 9.17) is 0 Å². The zero-order valence-corrected chi connectivity index (χ0v) is 15.7. The third kappa shape index (κ3) is 4.37. The molecule has 0 saturated heterocycles. The van der Waals surface area contributed by atoms with Crippen LogP contribution in [0.25, 0.3) is 16.9 Å². The summed E-state index contributed by atoms with van der Waals surface area (Å²) in [4.78, 5) is 20.2. The van der Waals surface area contributed by atoms with Gasteiger partial charge in [-0.3, -0.25) is 9.78 Å². The summed E-state index contributed by atoms with van der Waals surface area (Å²) in [6.07, 6.45) is -0.535. The SMILES string of the molecule is O=C(Nc1ccc(-n2nc(-c3cccnc3)cc2C(F)(F)F)cn1)c1cccc(O)c1. The van der Waals surface area contributed by atoms with Gasteiger partial charge in [0.25, 0.3) is 5.91 Å². The fraction of sp³-hybridized carbons (Fsp3) is 0.0476. The molecule has 10 heteroatoms. The van der Waals surface area contributed by atoms with Crippen molar-refractivity contribution in [2.75, 3.05) is 5.32 Å². The van der Waals surface area contributed by atoms with Crippen LogP contribution < -0.4 is 5.32 Å². The lowest BCUT2D eigenvalue weighted by atomic mass is 10.2. The summed E-state index contributed by atoms with van der Waals surface area (Å²) in [7, 11) is 0. The molecule has 156 valence electrons. The van der Waals surface area contributed by atoms with Crippen LogP contribution in [0.2, 0.25) is 0 Å². The minimum Gasteiger partial charge on any atom is -0.508 e. The van der Waals surface area contributed by atoms with Crippen molar-refractivity contribution in [2.45, 2.75) is 6.18 Å². The number of amides is 1. The average molecular weight is 425 g/mol. The zero-order valence-electron chi connectivity index (χ0n) is 15.7. The van der Waals surface area contributed by atoms with E-state index in [0.717, 1.165) is 10.7 Å². The highest BCUT2D eigenvalue weighted by Crippen LogP contribution is 2.34. The van der Waals surface area contributed by atoms with Gasteiger partial charge in [-0.2, -0.15) is 18.3 Å². The predicted octanol–water partition coefficient (Wildman–Crippen LogP) is 4.31. The number of benzene rings is 1. The van der Waals surface area contributed by atoms with Crippen molar-refractivity contribution in [2.24, 2.45) is 0 Å². The lowest BCUT2D eigenvalue weighted by molar-refractivity contribution is -0.142. The molecule has 3 heterocycles. The van der Waals surface area contributed by atoms with Gasteiger partial charge < -0.3 is 10.4 Å². The highest BCUT2D eigenvalue weighted by molar-refractivity contribution is 6.04. The van der Waals surface area contributed by atoms with Crippen LogP contribution in [-0.4, -0.2) is 30.8 Å². The smallest absolute Gasteiger partial charge is 0.433 e. The van der Waals surface area contributed by atoms with Gasteiger partial charge in [-0.15, -0.1) is 0 Å². The van der Waals surface area contributed by atoms with Gasteiger partial charge in [-0.1, -0.05) is 6.07 Å². The molecule has 3 aromatic heterocycles. The Bertz CT molecular complexity index is 1220. The van der Waals surface area contributed by atoms with E-state index < -0.39 is 17.8 Å². The van der Waals surface area contributed by atoms with Crippen molar-refractivity contribution >= 4 is 11.7 Å². The summed E-state index contributed by atoms with van der Waals surface area (Å²) in [5, 5.41) is 16.1. The second-order valence-corrected chi connectivity index (χ2v) is 6.47. The first-order chi connectivity index (χ1) is 14.8. The number of halogens is 3. The Hall–Kier alpha value is -4.21. The Morgan fingerprint density at radius 3 is 2.52 bits per heavy atom. The molecule has 0 radical (unpaired) electrons. The Kier molecular flexibility index (Phi) is 5.12. The molecule has 0 aliphatic carbocycles. The van der Waals surface area contributed by atoms with Gasteiger partial charge in [-0.05, 0) is 48.5 Å². The monoisotopic (exact) mass is 425 g/mol. The standard InChI is InChI=1S/C21H14F3N5O2/c22-21(23,24)18-10-17(14-4-2-8-25-11-14)28-29(18)15-6-7-19(26-12-15)27-20(31)13-3-1-5-16(30)9-13/h1-12,30H,(H,26,27,31). The summed E-state index contributed by atoms with van der Waals surface area (Å²) in [6.45, 7) is 0. The largest absolute Gasteiger partial charge is 0.508 e. The molecule has 0 saturated carbocycles. The van der Waals surface area contributed by atoms with Crippen molar-refractivity contribution in [3.8, 4) is 22.7 Å². The number of hydrogen-bond donors (Lipinski definition) is 2. The summed E-state index contributed by atoms with van der Waals surface area (Å²) >= 11 is 0. The number of rotatable bonds is 4. The normalized spacial score (nSPS) is 11.3. The molecule has 0 bridgehead atoms. The number of phenols is 1. The third-order valence-electron chi connectivity index (χ3n) is 4.30. The number of nitrogens with one attached hydrogen (secondary N) is 1. The summed E-state index contributed by atoms with van der Waals surface area (Å²) in [5.74, 6) is -0.464. The second-order valence-electron chi connectivity index (χ2n) is 6.47. The lowest BCUT2D eigenvalue weighted by Gasteiger charge is -2.10. The molecule has 4 rings (SSSR count). The number of aromatic nitrogens is 4. The van der Waals surface area contributed by atoms with Crippen molar-refractivity contribution in [3.63, 3.8) is 0 Å². The number of carbonyl (C=O) groups excluding carboxylic acids is 1. The molecule has 1 amide bonds. The van der Waals surface area contributed by atoms with Crippen molar-refractivity contribution in [1.82, 2.24) is 19.7 Å². The zero-order chi connectivity index (χ0) is 22.0. The number of hydrogen-bond acceptors (Lipinski definition) is 5. The van der Waals surface area contributed by atoms with E-state index in [-0.39, 0.29) is 28.5 Å². The van der Waals surface area contributed by atoms with Gasteiger partial charge in [0.05, 0.1) is 17.6 Å². The average Bonchev–Trinajstić information content (AvgIpc) is 3.21. The van der Waals surface area contributed by atoms with Crippen LogP contribution >= 0.6 is 0 Å². The van der Waals surface area contributed by atoms with Crippen molar-refractivity contribution < 1.29 is 23.1 Å². The lowest BCUT2D eigenvalue weighted by Crippen LogP contribution is -2.15. The fourth-order valence-electron chi connectivity index (χ4n) is 2.86. The highest BCUT2D eigenvalue weighted by Gasteiger charge is 2.36. The maximum Gasteiger partial charge on any atom is 0.433 e. The molecule has 0 atom stereocenters.